The number of hydrogen-bond acceptors (Lipinski definition) is 9. The molecule has 2 N–H and O–H groups in total. The first-order valence-corrected chi connectivity index (χ1v) is 17.5. The molecule has 248 valence electrons. The van der Waals surface area contributed by atoms with Crippen LogP contribution in [0.2, 0.25) is 5.02 Å². The Morgan fingerprint density at radius 2 is 2.00 bits per heavy atom. The molecule has 4 atom stereocenters. The quantitative estimate of drug-likeness (QED) is 0.345. The van der Waals surface area contributed by atoms with Crippen molar-refractivity contribution in [3.8, 4) is 5.75 Å². The van der Waals surface area contributed by atoms with Crippen LogP contribution in [0, 0.1) is 11.8 Å². The van der Waals surface area contributed by atoms with Crippen LogP contribution in [0.5, 0.6) is 5.75 Å². The Kier molecular flexibility index (Phi) is 9.01. The molecule has 2 bridgehead atoms. The van der Waals surface area contributed by atoms with E-state index < -0.39 is 33.7 Å². The molecule has 0 radical (unpaired) electrons. The number of anilines is 1. The van der Waals surface area contributed by atoms with Crippen molar-refractivity contribution in [2.45, 2.75) is 68.0 Å². The highest BCUT2D eigenvalue weighted by molar-refractivity contribution is 7.90. The Labute approximate surface area is 274 Å². The van der Waals surface area contributed by atoms with Gasteiger partial charge in [0.25, 0.3) is 15.9 Å². The summed E-state index contributed by atoms with van der Waals surface area (Å²) >= 11 is 6.40. The number of benzene rings is 2. The second-order valence-electron chi connectivity index (χ2n) is 13.1. The number of aryl methyl sites for hydroxylation is 1. The van der Waals surface area contributed by atoms with Crippen LogP contribution < -0.4 is 19.8 Å². The van der Waals surface area contributed by atoms with Gasteiger partial charge in [0.1, 0.15) is 17.5 Å². The summed E-state index contributed by atoms with van der Waals surface area (Å²) in [7, 11) is -2.90. The summed E-state index contributed by atoms with van der Waals surface area (Å²) in [6.07, 6.45) is 6.67. The average molecular weight is 674 g/mol. The van der Waals surface area contributed by atoms with Crippen molar-refractivity contribution in [1.29, 1.82) is 0 Å². The molecule has 4 aliphatic rings. The van der Waals surface area contributed by atoms with Gasteiger partial charge in [0.2, 0.25) is 0 Å². The van der Waals surface area contributed by atoms with Crippen LogP contribution in [0.1, 0.15) is 50.7 Å². The van der Waals surface area contributed by atoms with Crippen molar-refractivity contribution in [3.63, 3.8) is 0 Å². The van der Waals surface area contributed by atoms with E-state index in [1.54, 1.807) is 24.3 Å². The molecule has 2 amide bonds. The first-order chi connectivity index (χ1) is 21.9. The van der Waals surface area contributed by atoms with Crippen molar-refractivity contribution < 1.29 is 37.1 Å². The van der Waals surface area contributed by atoms with Gasteiger partial charge in [-0.2, -0.15) is 5.48 Å². The number of ether oxygens (including phenoxy) is 3. The lowest BCUT2D eigenvalue weighted by Crippen LogP contribution is -2.50. The number of sulfonamides is 1. The Balaban J connectivity index is 1.43. The molecule has 6 rings (SSSR count). The van der Waals surface area contributed by atoms with Gasteiger partial charge >= 0.3 is 6.09 Å². The fourth-order valence-electron chi connectivity index (χ4n) is 7.11. The smallest absolute Gasteiger partial charge is 0.431 e. The van der Waals surface area contributed by atoms with Gasteiger partial charge in [-0.25, -0.2) is 17.9 Å². The lowest BCUT2D eigenvalue weighted by Gasteiger charge is -2.45. The molecule has 2 aromatic carbocycles. The Bertz CT molecular complexity index is 1650. The molecular weight excluding hydrogens is 634 g/mol. The summed E-state index contributed by atoms with van der Waals surface area (Å²) in [4.78, 5) is 32.6. The summed E-state index contributed by atoms with van der Waals surface area (Å²) in [6.45, 7) is 4.57. The first kappa shape index (κ1) is 32.6. The van der Waals surface area contributed by atoms with E-state index >= 15 is 0 Å². The normalized spacial score (nSPS) is 29.1. The maximum Gasteiger partial charge on any atom is 0.431 e. The van der Waals surface area contributed by atoms with Crippen LogP contribution in [0.15, 0.2) is 53.4 Å². The van der Waals surface area contributed by atoms with Gasteiger partial charge in [-0.05, 0) is 99.4 Å². The van der Waals surface area contributed by atoms with Crippen LogP contribution >= 0.6 is 11.6 Å². The van der Waals surface area contributed by atoms with Crippen LogP contribution in [0.3, 0.4) is 0 Å². The summed E-state index contributed by atoms with van der Waals surface area (Å²) < 4.78 is 47.4. The third kappa shape index (κ3) is 6.45. The SMILES string of the molecule is CONC(=O)O[C@H]1/C=C\COC(C)(C)C(=O)NS(=O)(=O)c2ccc3c(c2)N(C[C@@H]2CC[C@H]21)C[C@@]1(CCCc2cc(Cl)ccc21)CO3. The monoisotopic (exact) mass is 673 g/mol. The molecule has 0 saturated heterocycles. The van der Waals surface area contributed by atoms with Gasteiger partial charge in [-0.1, -0.05) is 23.7 Å². The van der Waals surface area contributed by atoms with Crippen LogP contribution in [0.25, 0.3) is 0 Å². The molecule has 2 heterocycles. The molecule has 1 fully saturated rings. The zero-order valence-electron chi connectivity index (χ0n) is 26.2. The largest absolute Gasteiger partial charge is 0.490 e. The second-order valence-corrected chi connectivity index (χ2v) is 15.2. The predicted octanol–water partition coefficient (Wildman–Crippen LogP) is 4.67. The molecule has 1 spiro atoms. The minimum Gasteiger partial charge on any atom is -0.490 e. The standard InChI is InChI=1S/C33H40ClN3O8S/c1-32(2)30(38)36-46(40,41)24-10-13-29-27(17-24)37(19-33(20-43-29)14-4-6-21-16-23(34)9-12-26(21)33)18-22-8-11-25(22)28(7-5-15-44-32)45-31(39)35-42-3/h5,7,9-10,12-13,16-17,22,25,28H,4,6,8,11,14-15,18-20H2,1-3H3,(H,35,39)(H,36,38)/b7-5-/t22-,25+,28-,33-/m0/s1. The van der Waals surface area contributed by atoms with E-state index in [0.717, 1.165) is 32.1 Å². The van der Waals surface area contributed by atoms with E-state index in [1.807, 2.05) is 12.1 Å². The van der Waals surface area contributed by atoms with Crippen molar-refractivity contribution in [1.82, 2.24) is 10.2 Å². The Hall–Kier alpha value is -3.32. The van der Waals surface area contributed by atoms with E-state index in [4.69, 9.17) is 30.6 Å². The molecule has 2 aromatic rings. The molecule has 2 aliphatic carbocycles. The van der Waals surface area contributed by atoms with E-state index in [-0.39, 0.29) is 28.8 Å². The zero-order chi connectivity index (χ0) is 32.7. The fraction of sp³-hybridized carbons (Fsp3) is 0.515. The van der Waals surface area contributed by atoms with E-state index in [9.17, 15) is 18.0 Å². The van der Waals surface area contributed by atoms with Crippen LogP contribution in [-0.2, 0) is 41.0 Å². The number of nitrogens with zero attached hydrogens (tertiary/aromatic N) is 1. The predicted molar refractivity (Wildman–Crippen MR) is 171 cm³/mol. The third-order valence-electron chi connectivity index (χ3n) is 9.74. The lowest BCUT2D eigenvalue weighted by molar-refractivity contribution is -0.139. The maximum absolute atomic E-state index is 13.5. The number of fused-ring (bicyclic) bond motifs is 4. The molecule has 0 aromatic heterocycles. The van der Waals surface area contributed by atoms with Crippen molar-refractivity contribution in [2.24, 2.45) is 11.8 Å². The molecule has 2 aliphatic heterocycles. The number of hydrogen-bond donors (Lipinski definition) is 2. The van der Waals surface area contributed by atoms with Gasteiger partial charge in [0.05, 0.1) is 30.9 Å². The summed E-state index contributed by atoms with van der Waals surface area (Å²) in [5.41, 5.74) is 3.41. The highest BCUT2D eigenvalue weighted by Gasteiger charge is 2.45. The zero-order valence-corrected chi connectivity index (χ0v) is 27.8. The molecule has 46 heavy (non-hydrogen) atoms. The minimum atomic E-state index is -4.24. The number of halogens is 1. The van der Waals surface area contributed by atoms with Crippen molar-refractivity contribution in [3.05, 3.63) is 64.7 Å². The van der Waals surface area contributed by atoms with Gasteiger partial charge in [0, 0.05) is 29.4 Å². The Morgan fingerprint density at radius 3 is 2.76 bits per heavy atom. The highest BCUT2D eigenvalue weighted by atomic mass is 35.5. The molecule has 1 saturated carbocycles. The fourth-order valence-corrected chi connectivity index (χ4v) is 8.43. The second kappa shape index (κ2) is 12.7. The van der Waals surface area contributed by atoms with Crippen molar-refractivity contribution >= 4 is 39.3 Å². The maximum atomic E-state index is 13.5. The van der Waals surface area contributed by atoms with E-state index in [1.165, 1.54) is 38.2 Å². The number of nitrogens with one attached hydrogen (secondary N) is 2. The van der Waals surface area contributed by atoms with Crippen LogP contribution in [0.4, 0.5) is 10.5 Å². The molecule has 13 heteroatoms. The summed E-state index contributed by atoms with van der Waals surface area (Å²) in [5.74, 6) is -0.141. The highest BCUT2D eigenvalue weighted by Crippen LogP contribution is 2.47. The van der Waals surface area contributed by atoms with Gasteiger partial charge in [-0.3, -0.25) is 9.63 Å². The number of rotatable bonds is 2. The first-order valence-electron chi connectivity index (χ1n) is 15.6. The number of carbonyl (C=O) groups excluding carboxylic acids is 2. The van der Waals surface area contributed by atoms with Gasteiger partial charge in [-0.15, -0.1) is 0 Å². The summed E-state index contributed by atoms with van der Waals surface area (Å²) in [6, 6.07) is 10.8. The third-order valence-corrected chi connectivity index (χ3v) is 11.3. The lowest BCUT2D eigenvalue weighted by atomic mass is 9.68. The number of amides is 2. The van der Waals surface area contributed by atoms with E-state index in [0.29, 0.717) is 36.2 Å². The topological polar surface area (TPSA) is 132 Å². The number of carbonyl (C=O) groups is 2. The minimum absolute atomic E-state index is 0.00212. The molecular formula is C33H40ClN3O8S. The number of hydroxylamine groups is 1. The van der Waals surface area contributed by atoms with Crippen molar-refractivity contribution in [2.75, 3.05) is 38.3 Å². The van der Waals surface area contributed by atoms with E-state index in [2.05, 4.69) is 21.2 Å². The van der Waals surface area contributed by atoms with Crippen LogP contribution in [-0.4, -0.2) is 65.5 Å². The molecule has 11 nitrogen and oxygen atoms in total. The van der Waals surface area contributed by atoms with Gasteiger partial charge < -0.3 is 19.1 Å². The Morgan fingerprint density at radius 1 is 1.17 bits per heavy atom. The molecule has 0 unspecified atom stereocenters. The average Bonchev–Trinajstić information content (AvgIpc) is 3.13. The van der Waals surface area contributed by atoms with Gasteiger partial charge in [0.15, 0.2) is 0 Å². The summed E-state index contributed by atoms with van der Waals surface area (Å²) in [5, 5.41) is 0.693.